The van der Waals surface area contributed by atoms with Crippen molar-refractivity contribution in [2.45, 2.75) is 6.18 Å². The second-order valence-corrected chi connectivity index (χ2v) is 3.32. The van der Waals surface area contributed by atoms with Crippen LogP contribution in [0.1, 0.15) is 0 Å². The highest BCUT2D eigenvalue weighted by atomic mass is 19.4. The summed E-state index contributed by atoms with van der Waals surface area (Å²) in [7, 11) is 0. The van der Waals surface area contributed by atoms with Crippen molar-refractivity contribution in [1.82, 2.24) is 15.0 Å². The molecule has 2 heterocycles. The van der Waals surface area contributed by atoms with E-state index in [2.05, 4.69) is 25.9 Å². The van der Waals surface area contributed by atoms with Crippen LogP contribution in [0.3, 0.4) is 0 Å². The lowest BCUT2D eigenvalue weighted by Gasteiger charge is -2.08. The van der Waals surface area contributed by atoms with Gasteiger partial charge in [-0.2, -0.15) is 13.2 Å². The van der Waals surface area contributed by atoms with Gasteiger partial charge in [0.1, 0.15) is 6.20 Å². The molecule has 0 atom stereocenters. The Kier molecular flexibility index (Phi) is 3.40. The third-order valence-corrected chi connectivity index (χ3v) is 1.94. The Morgan fingerprint density at radius 2 is 2.00 bits per heavy atom. The van der Waals surface area contributed by atoms with Crippen molar-refractivity contribution in [2.24, 2.45) is 0 Å². The largest absolute Gasteiger partial charge is 0.468 e. The van der Waals surface area contributed by atoms with Gasteiger partial charge < -0.3 is 4.74 Å². The molecule has 2 aromatic rings. The first kappa shape index (κ1) is 12.3. The van der Waals surface area contributed by atoms with E-state index in [1.165, 1.54) is 24.7 Å². The SMILES string of the molecule is FC(F)(F)COc1ccc(-c2cn[c]cn2)cn1. The van der Waals surface area contributed by atoms with Crippen molar-refractivity contribution in [3.8, 4) is 17.1 Å². The summed E-state index contributed by atoms with van der Waals surface area (Å²) in [4.78, 5) is 11.5. The summed E-state index contributed by atoms with van der Waals surface area (Å²) in [6, 6.07) is 2.90. The van der Waals surface area contributed by atoms with Crippen molar-refractivity contribution in [3.05, 3.63) is 36.9 Å². The smallest absolute Gasteiger partial charge is 0.422 e. The van der Waals surface area contributed by atoms with Crippen molar-refractivity contribution in [1.29, 1.82) is 0 Å². The fourth-order valence-electron chi connectivity index (χ4n) is 1.19. The maximum Gasteiger partial charge on any atom is 0.422 e. The summed E-state index contributed by atoms with van der Waals surface area (Å²) in [5.41, 5.74) is 1.19. The van der Waals surface area contributed by atoms with Crippen molar-refractivity contribution >= 4 is 0 Å². The van der Waals surface area contributed by atoms with Crippen LogP contribution in [0.25, 0.3) is 11.3 Å². The molecule has 4 nitrogen and oxygen atoms in total. The van der Waals surface area contributed by atoms with Crippen LogP contribution in [0.2, 0.25) is 0 Å². The van der Waals surface area contributed by atoms with Gasteiger partial charge in [-0.3, -0.25) is 9.97 Å². The fraction of sp³-hybridized carbons (Fsp3) is 0.182. The lowest BCUT2D eigenvalue weighted by molar-refractivity contribution is -0.154. The van der Waals surface area contributed by atoms with E-state index in [4.69, 9.17) is 0 Å². The van der Waals surface area contributed by atoms with Gasteiger partial charge in [0.05, 0.1) is 18.1 Å². The van der Waals surface area contributed by atoms with Crippen molar-refractivity contribution in [3.63, 3.8) is 0 Å². The summed E-state index contributed by atoms with van der Waals surface area (Å²) in [5, 5.41) is 0. The van der Waals surface area contributed by atoms with Gasteiger partial charge in [0.25, 0.3) is 0 Å². The van der Waals surface area contributed by atoms with E-state index in [0.29, 0.717) is 11.3 Å². The number of halogens is 3. The Morgan fingerprint density at radius 1 is 1.17 bits per heavy atom. The molecule has 93 valence electrons. The van der Waals surface area contributed by atoms with Crippen LogP contribution < -0.4 is 4.74 Å². The molecule has 0 unspecified atom stereocenters. The second-order valence-electron chi connectivity index (χ2n) is 3.32. The minimum atomic E-state index is -4.37. The molecular formula is C11H7F3N3O. The standard InChI is InChI=1S/C11H7F3N3O/c12-11(13,14)7-18-10-2-1-8(5-17-10)9-6-15-3-4-16-9/h1-2,4-6H,7H2. The van der Waals surface area contributed by atoms with E-state index in [1.807, 2.05) is 0 Å². The summed E-state index contributed by atoms with van der Waals surface area (Å²) >= 11 is 0. The zero-order chi connectivity index (χ0) is 13.0. The van der Waals surface area contributed by atoms with Gasteiger partial charge >= 0.3 is 6.18 Å². The van der Waals surface area contributed by atoms with E-state index in [9.17, 15) is 13.2 Å². The molecule has 1 radical (unpaired) electrons. The number of rotatable bonds is 3. The van der Waals surface area contributed by atoms with Gasteiger partial charge in [0.15, 0.2) is 6.61 Å². The lowest BCUT2D eigenvalue weighted by Crippen LogP contribution is -2.19. The Balaban J connectivity index is 2.07. The molecule has 2 rings (SSSR count). The third-order valence-electron chi connectivity index (χ3n) is 1.94. The molecule has 0 bridgehead atoms. The zero-order valence-electron chi connectivity index (χ0n) is 8.98. The normalized spacial score (nSPS) is 11.3. The number of hydrogen-bond acceptors (Lipinski definition) is 4. The zero-order valence-corrected chi connectivity index (χ0v) is 8.98. The van der Waals surface area contributed by atoms with Crippen LogP contribution in [0.4, 0.5) is 13.2 Å². The fourth-order valence-corrected chi connectivity index (χ4v) is 1.19. The lowest BCUT2D eigenvalue weighted by atomic mass is 10.2. The minimum Gasteiger partial charge on any atom is -0.468 e. The third kappa shape index (κ3) is 3.41. The predicted molar refractivity (Wildman–Crippen MR) is 55.6 cm³/mol. The molecule has 7 heteroatoms. The Hall–Kier alpha value is -2.18. The highest BCUT2D eigenvalue weighted by Gasteiger charge is 2.28. The maximum atomic E-state index is 11.9. The highest BCUT2D eigenvalue weighted by molar-refractivity contribution is 5.56. The van der Waals surface area contributed by atoms with Crippen LogP contribution in [-0.2, 0) is 0 Å². The average molecular weight is 254 g/mol. The summed E-state index contributed by atoms with van der Waals surface area (Å²) in [6.45, 7) is -1.36. The molecule has 0 amide bonds. The molecule has 0 saturated heterocycles. The highest BCUT2D eigenvalue weighted by Crippen LogP contribution is 2.19. The molecule has 0 aliphatic rings. The summed E-state index contributed by atoms with van der Waals surface area (Å²) in [5.74, 6) is -0.0912. The average Bonchev–Trinajstić information content (AvgIpc) is 2.37. The van der Waals surface area contributed by atoms with E-state index in [0.717, 1.165) is 0 Å². The molecule has 2 aromatic heterocycles. The van der Waals surface area contributed by atoms with E-state index >= 15 is 0 Å². The maximum absolute atomic E-state index is 11.9. The monoisotopic (exact) mass is 254 g/mol. The van der Waals surface area contributed by atoms with Gasteiger partial charge in [-0.15, -0.1) is 0 Å². The number of hydrogen-bond donors (Lipinski definition) is 0. The first-order valence-corrected chi connectivity index (χ1v) is 4.89. The summed E-state index contributed by atoms with van der Waals surface area (Å²) < 4.78 is 40.2. The minimum absolute atomic E-state index is 0.0912. The van der Waals surface area contributed by atoms with Gasteiger partial charge in [-0.1, -0.05) is 0 Å². The van der Waals surface area contributed by atoms with Gasteiger partial charge in [0.2, 0.25) is 5.88 Å². The second kappa shape index (κ2) is 4.99. The van der Waals surface area contributed by atoms with Crippen molar-refractivity contribution < 1.29 is 17.9 Å². The number of ether oxygens (including phenoxy) is 1. The van der Waals surface area contributed by atoms with Crippen LogP contribution in [0.15, 0.2) is 30.7 Å². The molecular weight excluding hydrogens is 247 g/mol. The topological polar surface area (TPSA) is 47.9 Å². The van der Waals surface area contributed by atoms with Gasteiger partial charge in [-0.25, -0.2) is 4.98 Å². The summed E-state index contributed by atoms with van der Waals surface area (Å²) in [6.07, 6.45) is 2.39. The van der Waals surface area contributed by atoms with E-state index in [-0.39, 0.29) is 5.88 Å². The van der Waals surface area contributed by atoms with Crippen molar-refractivity contribution in [2.75, 3.05) is 6.61 Å². The Bertz CT molecular complexity index is 499. The van der Waals surface area contributed by atoms with Crippen LogP contribution in [0.5, 0.6) is 5.88 Å². The van der Waals surface area contributed by atoms with Gasteiger partial charge in [-0.05, 0) is 6.07 Å². The quantitative estimate of drug-likeness (QED) is 0.843. The number of nitrogens with zero attached hydrogens (tertiary/aromatic N) is 3. The number of aromatic nitrogens is 3. The molecule has 0 spiro atoms. The predicted octanol–water partition coefficient (Wildman–Crippen LogP) is 2.28. The van der Waals surface area contributed by atoms with Gasteiger partial charge in [0, 0.05) is 17.8 Å². The van der Waals surface area contributed by atoms with Crippen LogP contribution in [-0.4, -0.2) is 27.7 Å². The number of alkyl halides is 3. The molecule has 0 saturated carbocycles. The van der Waals surface area contributed by atoms with E-state index < -0.39 is 12.8 Å². The molecule has 0 N–H and O–H groups in total. The first-order valence-electron chi connectivity index (χ1n) is 4.89. The molecule has 0 fully saturated rings. The first-order chi connectivity index (χ1) is 8.54. The Labute approximate surface area is 100 Å². The Morgan fingerprint density at radius 3 is 2.56 bits per heavy atom. The molecule has 0 aliphatic heterocycles. The van der Waals surface area contributed by atoms with Crippen LogP contribution in [0, 0.1) is 6.20 Å². The molecule has 0 aliphatic carbocycles. The molecule has 18 heavy (non-hydrogen) atoms. The number of pyridine rings is 1. The van der Waals surface area contributed by atoms with Crippen LogP contribution >= 0.6 is 0 Å². The molecule has 0 aromatic carbocycles. The van der Waals surface area contributed by atoms with E-state index in [1.54, 1.807) is 6.07 Å².